The summed E-state index contributed by atoms with van der Waals surface area (Å²) in [6.07, 6.45) is 2.04. The van der Waals surface area contributed by atoms with E-state index in [0.717, 1.165) is 4.90 Å². The van der Waals surface area contributed by atoms with Gasteiger partial charge in [0.15, 0.2) is 11.0 Å². The number of carbonyl (C=O) groups excluding carboxylic acids is 4. The molecule has 4 heterocycles. The number of rotatable bonds is 10. The van der Waals surface area contributed by atoms with Gasteiger partial charge in [-0.05, 0) is 37.8 Å². The smallest absolute Gasteiger partial charge is 0.262 e. The second-order valence-electron chi connectivity index (χ2n) is 9.53. The number of Topliss-reactive ketones (excluding diaryl/α,β-unsaturated/α-hetero) is 1. The summed E-state index contributed by atoms with van der Waals surface area (Å²) in [6.45, 7) is 0.315. The van der Waals surface area contributed by atoms with Crippen LogP contribution in [-0.4, -0.2) is 91.4 Å². The molecule has 0 radical (unpaired) electrons. The lowest BCUT2D eigenvalue weighted by Crippen LogP contribution is -2.62. The molecule has 5 atom stereocenters. The number of thiazole rings is 1. The zero-order valence-corrected chi connectivity index (χ0v) is 22.6. The van der Waals surface area contributed by atoms with Gasteiger partial charge in [0, 0.05) is 23.9 Å². The van der Waals surface area contributed by atoms with Gasteiger partial charge in [0.05, 0.1) is 28.6 Å². The Labute approximate surface area is 232 Å². The van der Waals surface area contributed by atoms with Gasteiger partial charge in [-0.2, -0.15) is 0 Å². The molecule has 1 aromatic carbocycles. The van der Waals surface area contributed by atoms with Crippen molar-refractivity contribution < 1.29 is 24.3 Å². The summed E-state index contributed by atoms with van der Waals surface area (Å²) in [7, 11) is 0. The molecule has 0 spiro atoms. The SMILES string of the molecule is NC(N)=NCCCC(NC(O)[C@@H]1CSC2CCC(N3C(=O)c4ccccc4C3=O)C(=O)N21)C(=O)c1nccs1. The second-order valence-corrected chi connectivity index (χ2v) is 11.6. The van der Waals surface area contributed by atoms with Gasteiger partial charge in [-0.1, -0.05) is 12.1 Å². The molecular formula is C25H29N7O5S2. The van der Waals surface area contributed by atoms with Crippen molar-refractivity contribution in [3.05, 3.63) is 52.0 Å². The van der Waals surface area contributed by atoms with Crippen LogP contribution in [0.15, 0.2) is 40.8 Å². The number of imide groups is 1. The first-order chi connectivity index (χ1) is 18.8. The predicted octanol–water partition coefficient (Wildman–Crippen LogP) is 0.385. The van der Waals surface area contributed by atoms with Crippen LogP contribution in [0, 0.1) is 0 Å². The topological polar surface area (TPSA) is 184 Å². The maximum Gasteiger partial charge on any atom is 0.262 e. The van der Waals surface area contributed by atoms with Gasteiger partial charge >= 0.3 is 0 Å². The monoisotopic (exact) mass is 571 g/mol. The number of aliphatic imine (C=N–C) groups is 1. The number of piperidine rings is 1. The molecule has 14 heteroatoms. The normalized spacial score (nSPS) is 23.9. The van der Waals surface area contributed by atoms with E-state index in [1.54, 1.807) is 34.5 Å². The first-order valence-electron chi connectivity index (χ1n) is 12.6. The van der Waals surface area contributed by atoms with Gasteiger partial charge in [-0.15, -0.1) is 23.1 Å². The number of fused-ring (bicyclic) bond motifs is 2. The number of hydrogen-bond acceptors (Lipinski definition) is 10. The van der Waals surface area contributed by atoms with Gasteiger partial charge in [0.25, 0.3) is 11.8 Å². The molecule has 5 rings (SSSR count). The summed E-state index contributed by atoms with van der Waals surface area (Å²) in [6, 6.07) is 4.14. The Hall–Kier alpha value is -3.33. The average molecular weight is 572 g/mol. The Morgan fingerprint density at radius 3 is 2.54 bits per heavy atom. The molecule has 3 aliphatic heterocycles. The summed E-state index contributed by atoms with van der Waals surface area (Å²) in [5.41, 5.74) is 11.4. The van der Waals surface area contributed by atoms with Gasteiger partial charge in [0.1, 0.15) is 12.3 Å². The molecular weight excluding hydrogens is 542 g/mol. The number of aliphatic hydroxyl groups excluding tert-OH is 1. The fourth-order valence-electron chi connectivity index (χ4n) is 5.29. The number of aliphatic hydroxyl groups is 1. The number of guanidine groups is 1. The zero-order chi connectivity index (χ0) is 27.7. The molecule has 0 bridgehead atoms. The van der Waals surface area contributed by atoms with Crippen molar-refractivity contribution in [2.24, 2.45) is 16.5 Å². The van der Waals surface area contributed by atoms with Crippen LogP contribution >= 0.6 is 23.1 Å². The fraction of sp³-hybridized carbons (Fsp3) is 0.440. The Balaban J connectivity index is 1.31. The minimum atomic E-state index is -1.23. The molecule has 2 fully saturated rings. The molecule has 6 N–H and O–H groups in total. The Morgan fingerprint density at radius 2 is 1.90 bits per heavy atom. The second kappa shape index (κ2) is 11.4. The van der Waals surface area contributed by atoms with Crippen molar-refractivity contribution in [2.45, 2.75) is 55.4 Å². The first-order valence-corrected chi connectivity index (χ1v) is 14.5. The highest BCUT2D eigenvalue weighted by Gasteiger charge is 2.52. The Morgan fingerprint density at radius 1 is 1.18 bits per heavy atom. The lowest BCUT2D eigenvalue weighted by molar-refractivity contribution is -0.144. The third-order valence-corrected chi connectivity index (χ3v) is 9.30. The molecule has 39 heavy (non-hydrogen) atoms. The van der Waals surface area contributed by atoms with E-state index in [1.807, 2.05) is 0 Å². The largest absolute Gasteiger partial charge is 0.376 e. The fourth-order valence-corrected chi connectivity index (χ4v) is 7.40. The molecule has 206 valence electrons. The van der Waals surface area contributed by atoms with E-state index in [9.17, 15) is 24.3 Å². The summed E-state index contributed by atoms with van der Waals surface area (Å²) < 4.78 is 0. The number of aromatic nitrogens is 1. The van der Waals surface area contributed by atoms with Gasteiger partial charge in [-0.3, -0.25) is 34.4 Å². The minimum Gasteiger partial charge on any atom is -0.376 e. The number of amides is 3. The highest BCUT2D eigenvalue weighted by molar-refractivity contribution is 8.00. The van der Waals surface area contributed by atoms with Crippen LogP contribution in [0.1, 0.15) is 56.2 Å². The molecule has 4 unspecified atom stereocenters. The van der Waals surface area contributed by atoms with E-state index in [4.69, 9.17) is 11.5 Å². The molecule has 3 aliphatic rings. The number of ketones is 1. The van der Waals surface area contributed by atoms with Crippen LogP contribution in [0.3, 0.4) is 0 Å². The number of hydrogen-bond donors (Lipinski definition) is 4. The average Bonchev–Trinajstić information content (AvgIpc) is 3.66. The zero-order valence-electron chi connectivity index (χ0n) is 20.9. The summed E-state index contributed by atoms with van der Waals surface area (Å²) >= 11 is 2.74. The maximum atomic E-state index is 13.7. The van der Waals surface area contributed by atoms with Crippen molar-refractivity contribution in [3.63, 3.8) is 0 Å². The number of nitrogens with two attached hydrogens (primary N) is 2. The highest BCUT2D eigenvalue weighted by Crippen LogP contribution is 2.40. The van der Waals surface area contributed by atoms with E-state index in [-0.39, 0.29) is 34.2 Å². The summed E-state index contributed by atoms with van der Waals surface area (Å²) in [5.74, 6) is -1.23. The third-order valence-electron chi connectivity index (χ3n) is 7.13. The summed E-state index contributed by atoms with van der Waals surface area (Å²) in [4.78, 5) is 63.7. The number of carbonyl (C=O) groups is 4. The highest BCUT2D eigenvalue weighted by atomic mass is 32.2. The number of nitrogens with zero attached hydrogens (tertiary/aromatic N) is 4. The van der Waals surface area contributed by atoms with Crippen LogP contribution in [0.2, 0.25) is 0 Å². The molecule has 3 amide bonds. The van der Waals surface area contributed by atoms with Crippen LogP contribution in [0.25, 0.3) is 0 Å². The number of nitrogens with one attached hydrogen (secondary N) is 1. The van der Waals surface area contributed by atoms with Crippen LogP contribution in [0.5, 0.6) is 0 Å². The molecule has 0 saturated carbocycles. The van der Waals surface area contributed by atoms with E-state index in [0.29, 0.717) is 43.0 Å². The number of benzene rings is 1. The van der Waals surface area contributed by atoms with Crippen LogP contribution in [-0.2, 0) is 4.79 Å². The van der Waals surface area contributed by atoms with Gasteiger partial charge in [-0.25, -0.2) is 4.98 Å². The standard InChI is InChI=1S/C25H29N7O5S2/c26-25(27)29-9-3-6-15(19(33)21-28-10-11-38-21)30-20(34)17-12-39-18-8-7-16(24(37)31(17)18)32-22(35)13-4-1-2-5-14(13)23(32)36/h1-2,4-5,10-11,15-18,20,30,34H,3,6-9,12H2,(H4,26,27,29)/t15?,16?,17-,18?,20?/m0/s1. The lowest BCUT2D eigenvalue weighted by atomic mass is 10.00. The minimum absolute atomic E-state index is 0.0453. The third kappa shape index (κ3) is 5.29. The van der Waals surface area contributed by atoms with Gasteiger partial charge in [0.2, 0.25) is 11.7 Å². The van der Waals surface area contributed by atoms with E-state index < -0.39 is 36.2 Å². The van der Waals surface area contributed by atoms with Crippen molar-refractivity contribution in [2.75, 3.05) is 12.3 Å². The van der Waals surface area contributed by atoms with E-state index in [2.05, 4.69) is 15.3 Å². The first kappa shape index (κ1) is 27.2. The molecule has 1 aromatic heterocycles. The molecule has 12 nitrogen and oxygen atoms in total. The molecule has 2 saturated heterocycles. The van der Waals surface area contributed by atoms with Crippen LogP contribution < -0.4 is 16.8 Å². The van der Waals surface area contributed by atoms with Crippen molar-refractivity contribution in [1.29, 1.82) is 0 Å². The lowest BCUT2D eigenvalue weighted by Gasteiger charge is -2.41. The van der Waals surface area contributed by atoms with E-state index in [1.165, 1.54) is 29.3 Å². The maximum absolute atomic E-state index is 13.7. The van der Waals surface area contributed by atoms with Crippen molar-refractivity contribution in [1.82, 2.24) is 20.1 Å². The summed E-state index contributed by atoms with van der Waals surface area (Å²) in [5, 5.41) is 16.1. The van der Waals surface area contributed by atoms with E-state index >= 15 is 0 Å². The van der Waals surface area contributed by atoms with Crippen molar-refractivity contribution in [3.8, 4) is 0 Å². The molecule has 2 aromatic rings. The number of thioether (sulfide) groups is 1. The van der Waals surface area contributed by atoms with Gasteiger partial charge < -0.3 is 21.5 Å². The quantitative estimate of drug-likeness (QED) is 0.0776. The van der Waals surface area contributed by atoms with Crippen LogP contribution in [0.4, 0.5) is 0 Å². The Kier molecular flexibility index (Phi) is 7.98. The van der Waals surface area contributed by atoms with Crippen molar-refractivity contribution >= 4 is 52.6 Å². The Bertz CT molecular complexity index is 1260. The predicted molar refractivity (Wildman–Crippen MR) is 146 cm³/mol. The molecule has 0 aliphatic carbocycles.